The first-order valence-corrected chi connectivity index (χ1v) is 12.8. The number of ether oxygens (including phenoxy) is 1. The zero-order chi connectivity index (χ0) is 20.5. The molecular weight excluding hydrogens is 358 g/mol. The monoisotopic (exact) mass is 394 g/mol. The maximum atomic E-state index is 11.6. The van der Waals surface area contributed by atoms with Crippen molar-refractivity contribution >= 4 is 20.5 Å². The molecule has 0 radical (unpaired) electrons. The molecule has 5 nitrogen and oxygen atoms in total. The Balaban J connectivity index is 2.82. The van der Waals surface area contributed by atoms with E-state index in [1.807, 2.05) is 4.58 Å². The third-order valence-electron chi connectivity index (χ3n) is 5.07. The van der Waals surface area contributed by atoms with Crippen LogP contribution in [-0.4, -0.2) is 49.4 Å². The highest BCUT2D eigenvalue weighted by Crippen LogP contribution is 2.37. The Morgan fingerprint density at radius 2 is 2.07 bits per heavy atom. The lowest BCUT2D eigenvalue weighted by molar-refractivity contribution is -0.460. The van der Waals surface area contributed by atoms with Gasteiger partial charge in [0.2, 0.25) is 6.20 Å². The van der Waals surface area contributed by atoms with Gasteiger partial charge in [-0.05, 0) is 37.9 Å². The number of hydrogen-bond acceptors (Lipinski definition) is 4. The molecule has 1 unspecified atom stereocenters. The van der Waals surface area contributed by atoms with E-state index < -0.39 is 20.4 Å². The summed E-state index contributed by atoms with van der Waals surface area (Å²) in [6.07, 6.45) is 7.89. The largest absolute Gasteiger partial charge is 0.506 e. The maximum Gasteiger partial charge on any atom is 0.384 e. The summed E-state index contributed by atoms with van der Waals surface area (Å²) in [5, 5.41) is 10.3. The van der Waals surface area contributed by atoms with E-state index in [2.05, 4.69) is 51.9 Å². The Morgan fingerprint density at radius 1 is 1.37 bits per heavy atom. The van der Waals surface area contributed by atoms with Gasteiger partial charge >= 0.3 is 5.97 Å². The lowest BCUT2D eigenvalue weighted by Crippen LogP contribution is -2.43. The van der Waals surface area contributed by atoms with Gasteiger partial charge in [0.1, 0.15) is 18.9 Å². The predicted octanol–water partition coefficient (Wildman–Crippen LogP) is 4.39. The zero-order valence-electron chi connectivity index (χ0n) is 17.8. The first kappa shape index (κ1) is 23.5. The van der Waals surface area contributed by atoms with Gasteiger partial charge in [-0.25, -0.2) is 9.37 Å². The van der Waals surface area contributed by atoms with Crippen molar-refractivity contribution in [1.82, 2.24) is 0 Å². The van der Waals surface area contributed by atoms with Gasteiger partial charge in [-0.1, -0.05) is 26.7 Å². The summed E-state index contributed by atoms with van der Waals surface area (Å²) in [7, 11) is -2.05. The molecule has 0 aliphatic carbocycles. The minimum atomic E-state index is -2.05. The van der Waals surface area contributed by atoms with Crippen LogP contribution in [0.2, 0.25) is 18.1 Å². The Labute approximate surface area is 165 Å². The van der Waals surface area contributed by atoms with Gasteiger partial charge in [0.15, 0.2) is 14.1 Å². The number of carbonyl (C=O) groups excluding carboxylic acids is 1. The van der Waals surface area contributed by atoms with Gasteiger partial charge in [0.05, 0.1) is 6.61 Å². The molecule has 1 aliphatic heterocycles. The van der Waals surface area contributed by atoms with Crippen LogP contribution in [0.25, 0.3) is 0 Å². The Bertz CT molecular complexity index is 620. The van der Waals surface area contributed by atoms with Crippen LogP contribution >= 0.6 is 0 Å². The molecule has 1 atom stereocenters. The second kappa shape index (κ2) is 10.7. The van der Waals surface area contributed by atoms with E-state index in [1.54, 1.807) is 13.1 Å². The van der Waals surface area contributed by atoms with Crippen molar-refractivity contribution in [3.8, 4) is 11.8 Å². The van der Waals surface area contributed by atoms with Crippen molar-refractivity contribution in [2.75, 3.05) is 13.2 Å². The summed E-state index contributed by atoms with van der Waals surface area (Å²) in [6, 6.07) is 0. The average molecular weight is 395 g/mol. The molecule has 0 saturated carbocycles. The van der Waals surface area contributed by atoms with Gasteiger partial charge in [0.25, 0.3) is 0 Å². The Hall–Kier alpha value is -1.58. The molecule has 0 bridgehead atoms. The first-order chi connectivity index (χ1) is 12.5. The normalized spacial score (nSPS) is 16.8. The molecule has 1 aliphatic rings. The Morgan fingerprint density at radius 3 is 2.63 bits per heavy atom. The van der Waals surface area contributed by atoms with Gasteiger partial charge in [-0.3, -0.25) is 0 Å². The summed E-state index contributed by atoms with van der Waals surface area (Å²) in [6.45, 7) is 13.8. The summed E-state index contributed by atoms with van der Waals surface area (Å²) in [5.41, 5.74) is 0. The highest BCUT2D eigenvalue weighted by atomic mass is 28.4. The summed E-state index contributed by atoms with van der Waals surface area (Å²) in [5.74, 6) is 5.23. The van der Waals surface area contributed by atoms with Crippen LogP contribution in [-0.2, 0) is 14.0 Å². The highest BCUT2D eigenvalue weighted by molar-refractivity contribution is 6.74. The summed E-state index contributed by atoms with van der Waals surface area (Å²) >= 11 is 0. The summed E-state index contributed by atoms with van der Waals surface area (Å²) in [4.78, 5) is 11.6. The molecule has 1 N–H and O–H groups in total. The third kappa shape index (κ3) is 8.76. The second-order valence-electron chi connectivity index (χ2n) is 8.43. The van der Waals surface area contributed by atoms with Gasteiger partial charge in [0, 0.05) is 25.2 Å². The topological polar surface area (TPSA) is 58.8 Å². The smallest absolute Gasteiger partial charge is 0.384 e. The number of aliphatic hydroxyl groups is 1. The van der Waals surface area contributed by atoms with Crippen molar-refractivity contribution in [3.05, 3.63) is 12.0 Å². The van der Waals surface area contributed by atoms with Crippen LogP contribution in [0.5, 0.6) is 0 Å². The molecule has 1 rings (SSSR count). The molecule has 0 spiro atoms. The third-order valence-corrected chi connectivity index (χ3v) is 9.55. The molecule has 0 fully saturated rings. The second-order valence-corrected chi connectivity index (χ2v) is 13.2. The van der Waals surface area contributed by atoms with Crippen LogP contribution in [0, 0.1) is 11.8 Å². The van der Waals surface area contributed by atoms with Crippen molar-refractivity contribution in [1.29, 1.82) is 0 Å². The van der Waals surface area contributed by atoms with Gasteiger partial charge in [-0.2, -0.15) is 0 Å². The van der Waals surface area contributed by atoms with Gasteiger partial charge < -0.3 is 14.3 Å². The van der Waals surface area contributed by atoms with E-state index in [-0.39, 0.29) is 5.04 Å². The predicted molar refractivity (Wildman–Crippen MR) is 111 cm³/mol. The van der Waals surface area contributed by atoms with E-state index in [4.69, 9.17) is 9.16 Å². The lowest BCUT2D eigenvalue weighted by atomic mass is 10.1. The molecular formula is C21H36NO4Si+. The fourth-order valence-corrected chi connectivity index (χ4v) is 3.68. The number of rotatable bonds is 7. The molecule has 152 valence electrons. The lowest BCUT2D eigenvalue weighted by Gasteiger charge is -2.38. The SMILES string of the molecule is CCOC(=O)C#CC(CC/C(O)=C/[N+]1=CCCCC1)O[Si](C)(C)C(C)(C)C. The van der Waals surface area contributed by atoms with E-state index in [9.17, 15) is 9.90 Å². The number of hydrogen-bond donors (Lipinski definition) is 1. The van der Waals surface area contributed by atoms with Crippen LogP contribution in [0.3, 0.4) is 0 Å². The van der Waals surface area contributed by atoms with E-state index in [1.165, 1.54) is 6.42 Å². The van der Waals surface area contributed by atoms with Crippen LogP contribution < -0.4 is 0 Å². The molecule has 0 amide bonds. The van der Waals surface area contributed by atoms with E-state index in [0.29, 0.717) is 25.2 Å². The maximum absolute atomic E-state index is 11.6. The number of esters is 1. The fraction of sp³-hybridized carbons (Fsp3) is 0.714. The number of allylic oxidation sites excluding steroid dienone is 1. The number of aliphatic hydroxyl groups excluding tert-OH is 1. The molecule has 1 heterocycles. The van der Waals surface area contributed by atoms with Crippen LogP contribution in [0.15, 0.2) is 12.0 Å². The number of carbonyl (C=O) groups is 1. The van der Waals surface area contributed by atoms with E-state index in [0.717, 1.165) is 19.4 Å². The van der Waals surface area contributed by atoms with Crippen LogP contribution in [0.4, 0.5) is 0 Å². The van der Waals surface area contributed by atoms with Crippen molar-refractivity contribution in [2.45, 2.75) is 84.0 Å². The minimum Gasteiger partial charge on any atom is -0.506 e. The zero-order valence-corrected chi connectivity index (χ0v) is 18.8. The molecule has 0 saturated heterocycles. The quantitative estimate of drug-likeness (QED) is 0.174. The molecule has 6 heteroatoms. The van der Waals surface area contributed by atoms with E-state index >= 15 is 0 Å². The fourth-order valence-electron chi connectivity index (χ4n) is 2.44. The molecule has 0 aromatic carbocycles. The molecule has 27 heavy (non-hydrogen) atoms. The van der Waals surface area contributed by atoms with Crippen molar-refractivity contribution < 1.29 is 23.6 Å². The van der Waals surface area contributed by atoms with Crippen molar-refractivity contribution in [2.24, 2.45) is 0 Å². The minimum absolute atomic E-state index is 0.0392. The molecule has 0 aromatic rings. The van der Waals surface area contributed by atoms with Crippen LogP contribution in [0.1, 0.15) is 59.8 Å². The molecule has 0 aromatic heterocycles. The van der Waals surface area contributed by atoms with Gasteiger partial charge in [-0.15, -0.1) is 0 Å². The summed E-state index contributed by atoms with van der Waals surface area (Å²) < 4.78 is 13.3. The highest BCUT2D eigenvalue weighted by Gasteiger charge is 2.39. The van der Waals surface area contributed by atoms with Crippen molar-refractivity contribution in [3.63, 3.8) is 0 Å². The average Bonchev–Trinajstić information content (AvgIpc) is 2.57. The standard InChI is InChI=1S/C21H35NO4Si/c1-7-25-20(24)14-13-19(26-27(5,6)21(2,3)4)12-11-18(23)17-22-15-9-8-10-16-22/h15,17,19H,7-12,16H2,1-6H3/p+1/b18-17-. The first-order valence-electron chi connectivity index (χ1n) is 9.90. The number of nitrogens with zero attached hydrogens (tertiary/aromatic N) is 1. The Kier molecular flexibility index (Phi) is 9.27.